The number of imidazole rings is 1. The van der Waals surface area contributed by atoms with Gasteiger partial charge in [-0.15, -0.1) is 0 Å². The van der Waals surface area contributed by atoms with Gasteiger partial charge >= 0.3 is 5.97 Å². The van der Waals surface area contributed by atoms with E-state index in [-0.39, 0.29) is 5.56 Å². The Hall–Kier alpha value is -1.66. The van der Waals surface area contributed by atoms with Gasteiger partial charge in [0.05, 0.1) is 22.3 Å². The summed E-state index contributed by atoms with van der Waals surface area (Å²) in [7, 11) is 0. The molecule has 100 valence electrons. The van der Waals surface area contributed by atoms with Crippen molar-refractivity contribution < 1.29 is 9.90 Å². The van der Waals surface area contributed by atoms with Crippen LogP contribution in [0.1, 0.15) is 10.4 Å². The van der Waals surface area contributed by atoms with Gasteiger partial charge in [0.1, 0.15) is 6.33 Å². The highest BCUT2D eigenvalue weighted by molar-refractivity contribution is 9.11. The highest BCUT2D eigenvalue weighted by atomic mass is 79.9. The van der Waals surface area contributed by atoms with Crippen molar-refractivity contribution in [3.05, 3.63) is 57.2 Å². The largest absolute Gasteiger partial charge is 0.478 e. The Morgan fingerprint density at radius 3 is 2.70 bits per heavy atom. The van der Waals surface area contributed by atoms with Crippen molar-refractivity contribution in [3.63, 3.8) is 0 Å². The number of aromatic carboxylic acids is 1. The second-order valence-electron chi connectivity index (χ2n) is 4.19. The number of nitrogens with zero attached hydrogens (tertiary/aromatic N) is 2. The van der Waals surface area contributed by atoms with Gasteiger partial charge in [-0.2, -0.15) is 0 Å². The lowest BCUT2D eigenvalue weighted by molar-refractivity contribution is 0.0698. The smallest absolute Gasteiger partial charge is 0.337 e. The van der Waals surface area contributed by atoms with Gasteiger partial charge in [-0.1, -0.05) is 22.0 Å². The molecule has 0 saturated heterocycles. The molecule has 0 unspecified atom stereocenters. The van der Waals surface area contributed by atoms with E-state index >= 15 is 0 Å². The average Bonchev–Trinajstić information content (AvgIpc) is 2.82. The number of halogens is 2. The van der Waals surface area contributed by atoms with Gasteiger partial charge in [-0.05, 0) is 46.3 Å². The Labute approximate surface area is 131 Å². The zero-order valence-corrected chi connectivity index (χ0v) is 13.2. The van der Waals surface area contributed by atoms with E-state index in [1.165, 1.54) is 0 Å². The molecule has 1 heterocycles. The summed E-state index contributed by atoms with van der Waals surface area (Å²) < 4.78 is 3.57. The van der Waals surface area contributed by atoms with E-state index in [4.69, 9.17) is 0 Å². The summed E-state index contributed by atoms with van der Waals surface area (Å²) in [4.78, 5) is 15.6. The number of para-hydroxylation sites is 1. The average molecular weight is 396 g/mol. The highest BCUT2D eigenvalue weighted by Gasteiger charge is 2.15. The van der Waals surface area contributed by atoms with Gasteiger partial charge in [-0.3, -0.25) is 4.57 Å². The van der Waals surface area contributed by atoms with Crippen molar-refractivity contribution >= 4 is 48.9 Å². The highest BCUT2D eigenvalue weighted by Crippen LogP contribution is 2.29. The Kier molecular flexibility index (Phi) is 3.35. The van der Waals surface area contributed by atoms with E-state index in [0.29, 0.717) is 11.0 Å². The summed E-state index contributed by atoms with van der Waals surface area (Å²) >= 11 is 6.89. The molecule has 3 aromatic rings. The lowest BCUT2D eigenvalue weighted by Gasteiger charge is -2.09. The quantitative estimate of drug-likeness (QED) is 0.705. The maximum absolute atomic E-state index is 11.4. The van der Waals surface area contributed by atoms with Gasteiger partial charge in [0.25, 0.3) is 0 Å². The molecule has 2 aromatic carbocycles. The number of fused-ring (bicyclic) bond motifs is 1. The van der Waals surface area contributed by atoms with Crippen LogP contribution in [0.4, 0.5) is 0 Å². The molecule has 1 N–H and O–H groups in total. The first kappa shape index (κ1) is 13.3. The van der Waals surface area contributed by atoms with Crippen molar-refractivity contribution in [1.29, 1.82) is 0 Å². The molecule has 20 heavy (non-hydrogen) atoms. The van der Waals surface area contributed by atoms with Crippen LogP contribution in [-0.4, -0.2) is 20.6 Å². The molecule has 0 aliphatic rings. The standard InChI is InChI=1S/C14H8Br2N2O2/c15-8-4-5-12(10(16)6-8)18-7-17-11-3-1-2-9(13(11)18)14(19)20/h1-7H,(H,19,20). The summed E-state index contributed by atoms with van der Waals surface area (Å²) in [6, 6.07) is 10.8. The minimum atomic E-state index is -0.967. The van der Waals surface area contributed by atoms with Gasteiger partial charge in [0.15, 0.2) is 0 Å². The van der Waals surface area contributed by atoms with Crippen molar-refractivity contribution in [3.8, 4) is 5.69 Å². The number of benzene rings is 2. The van der Waals surface area contributed by atoms with Crippen molar-refractivity contribution in [1.82, 2.24) is 9.55 Å². The predicted molar refractivity (Wildman–Crippen MR) is 83.4 cm³/mol. The first-order valence-corrected chi connectivity index (χ1v) is 7.31. The van der Waals surface area contributed by atoms with Crippen LogP contribution in [0.2, 0.25) is 0 Å². The molecule has 4 nitrogen and oxygen atoms in total. The molecule has 0 saturated carbocycles. The van der Waals surface area contributed by atoms with Crippen molar-refractivity contribution in [2.75, 3.05) is 0 Å². The van der Waals surface area contributed by atoms with Crippen LogP contribution >= 0.6 is 31.9 Å². The van der Waals surface area contributed by atoms with Gasteiger partial charge in [0, 0.05) is 8.95 Å². The Morgan fingerprint density at radius 1 is 1.20 bits per heavy atom. The topological polar surface area (TPSA) is 55.1 Å². The Morgan fingerprint density at radius 2 is 2.00 bits per heavy atom. The van der Waals surface area contributed by atoms with Crippen LogP contribution < -0.4 is 0 Å². The van der Waals surface area contributed by atoms with E-state index in [2.05, 4.69) is 36.8 Å². The van der Waals surface area contributed by atoms with Crippen LogP contribution in [0.15, 0.2) is 51.7 Å². The van der Waals surface area contributed by atoms with Crippen LogP contribution in [0.25, 0.3) is 16.7 Å². The third-order valence-electron chi connectivity index (χ3n) is 2.97. The third-order valence-corrected chi connectivity index (χ3v) is 4.10. The normalized spacial score (nSPS) is 10.9. The molecule has 6 heteroatoms. The fourth-order valence-corrected chi connectivity index (χ4v) is 3.34. The monoisotopic (exact) mass is 394 g/mol. The fraction of sp³-hybridized carbons (Fsp3) is 0. The van der Waals surface area contributed by atoms with E-state index in [1.54, 1.807) is 29.1 Å². The number of aromatic nitrogens is 2. The number of rotatable bonds is 2. The molecule has 0 aliphatic heterocycles. The minimum Gasteiger partial charge on any atom is -0.478 e. The SMILES string of the molecule is O=C(O)c1cccc2ncn(-c3ccc(Br)cc3Br)c12. The number of carboxylic acid groups (broad SMARTS) is 1. The molecule has 0 fully saturated rings. The number of carbonyl (C=O) groups is 1. The number of carboxylic acids is 1. The minimum absolute atomic E-state index is 0.231. The molecule has 0 spiro atoms. The first-order chi connectivity index (χ1) is 9.58. The van der Waals surface area contributed by atoms with Crippen LogP contribution in [0, 0.1) is 0 Å². The maximum Gasteiger partial charge on any atom is 0.337 e. The molecule has 0 amide bonds. The lowest BCUT2D eigenvalue weighted by Crippen LogP contribution is -2.02. The fourth-order valence-electron chi connectivity index (χ4n) is 2.10. The molecular formula is C14H8Br2N2O2. The zero-order chi connectivity index (χ0) is 14.3. The molecule has 0 atom stereocenters. The summed E-state index contributed by atoms with van der Waals surface area (Å²) in [6.07, 6.45) is 1.63. The number of hydrogen-bond acceptors (Lipinski definition) is 2. The third kappa shape index (κ3) is 2.14. The molecule has 1 aromatic heterocycles. The molecular weight excluding hydrogens is 388 g/mol. The molecule has 3 rings (SSSR count). The summed E-state index contributed by atoms with van der Waals surface area (Å²) in [5.74, 6) is -0.967. The maximum atomic E-state index is 11.4. The first-order valence-electron chi connectivity index (χ1n) is 5.72. The predicted octanol–water partition coefficient (Wildman–Crippen LogP) is 4.25. The van der Waals surface area contributed by atoms with Crippen LogP contribution in [-0.2, 0) is 0 Å². The van der Waals surface area contributed by atoms with Gasteiger partial charge < -0.3 is 5.11 Å². The lowest BCUT2D eigenvalue weighted by atomic mass is 10.2. The van der Waals surface area contributed by atoms with E-state index in [1.807, 2.05) is 18.2 Å². The second-order valence-corrected chi connectivity index (χ2v) is 5.96. The Bertz CT molecular complexity index is 827. The van der Waals surface area contributed by atoms with Crippen LogP contribution in [0.3, 0.4) is 0 Å². The second kappa shape index (κ2) is 5.03. The van der Waals surface area contributed by atoms with Crippen molar-refractivity contribution in [2.24, 2.45) is 0 Å². The van der Waals surface area contributed by atoms with E-state index in [0.717, 1.165) is 14.6 Å². The zero-order valence-electron chi connectivity index (χ0n) is 10.0. The van der Waals surface area contributed by atoms with Crippen molar-refractivity contribution in [2.45, 2.75) is 0 Å². The molecule has 0 radical (unpaired) electrons. The number of hydrogen-bond donors (Lipinski definition) is 1. The van der Waals surface area contributed by atoms with Crippen LogP contribution in [0.5, 0.6) is 0 Å². The van der Waals surface area contributed by atoms with Gasteiger partial charge in [-0.25, -0.2) is 9.78 Å². The van der Waals surface area contributed by atoms with E-state index < -0.39 is 5.97 Å². The summed E-state index contributed by atoms with van der Waals surface area (Å²) in [6.45, 7) is 0. The summed E-state index contributed by atoms with van der Waals surface area (Å²) in [5, 5.41) is 9.33. The Balaban J connectivity index is 2.34. The molecule has 0 bridgehead atoms. The van der Waals surface area contributed by atoms with Gasteiger partial charge in [0.2, 0.25) is 0 Å². The summed E-state index contributed by atoms with van der Waals surface area (Å²) in [5.41, 5.74) is 2.31. The molecule has 0 aliphatic carbocycles. The van der Waals surface area contributed by atoms with E-state index in [9.17, 15) is 9.90 Å².